The molecule has 1 saturated heterocycles. The van der Waals surface area contributed by atoms with E-state index in [2.05, 4.69) is 4.98 Å². The molecule has 0 bridgehead atoms. The van der Waals surface area contributed by atoms with Crippen molar-refractivity contribution in [1.29, 1.82) is 0 Å². The van der Waals surface area contributed by atoms with Crippen molar-refractivity contribution < 1.29 is 14.3 Å². The van der Waals surface area contributed by atoms with Gasteiger partial charge in [0.25, 0.3) is 11.8 Å². The van der Waals surface area contributed by atoms with Gasteiger partial charge in [0.05, 0.1) is 6.54 Å². The second kappa shape index (κ2) is 7.68. The van der Waals surface area contributed by atoms with Crippen LogP contribution in [0.25, 0.3) is 10.8 Å². The molecule has 142 valence electrons. The number of nitrogens with two attached hydrogens (primary N) is 1. The summed E-state index contributed by atoms with van der Waals surface area (Å²) in [6.07, 6.45) is 3.05. The molecular formula is C22H21N3O3. The number of hydrogen-bond donors (Lipinski definition) is 1. The molecule has 1 fully saturated rings. The molecule has 2 aromatic carbocycles. The van der Waals surface area contributed by atoms with Gasteiger partial charge in [-0.25, -0.2) is 0 Å². The van der Waals surface area contributed by atoms with E-state index in [-0.39, 0.29) is 17.7 Å². The number of carbonyl (C=O) groups excluding carboxylic acids is 2. The van der Waals surface area contributed by atoms with Crippen LogP contribution in [0.15, 0.2) is 60.8 Å². The second-order valence-electron chi connectivity index (χ2n) is 6.90. The zero-order valence-corrected chi connectivity index (χ0v) is 15.4. The first kappa shape index (κ1) is 18.0. The van der Waals surface area contributed by atoms with E-state index < -0.39 is 5.91 Å². The lowest BCUT2D eigenvalue weighted by molar-refractivity contribution is 0.0539. The fraction of sp³-hybridized carbons (Fsp3) is 0.227. The Labute approximate surface area is 162 Å². The lowest BCUT2D eigenvalue weighted by Gasteiger charge is -2.33. The average Bonchev–Trinajstić information content (AvgIpc) is 2.73. The third kappa shape index (κ3) is 3.67. The number of ether oxygens (including phenoxy) is 1. The van der Waals surface area contributed by atoms with E-state index in [9.17, 15) is 9.59 Å². The van der Waals surface area contributed by atoms with Crippen molar-refractivity contribution in [3.05, 3.63) is 72.1 Å². The number of benzene rings is 2. The molecule has 0 aliphatic carbocycles. The monoisotopic (exact) mass is 375 g/mol. The van der Waals surface area contributed by atoms with Crippen molar-refractivity contribution in [2.45, 2.75) is 18.9 Å². The molecule has 6 nitrogen and oxygen atoms in total. The number of rotatable bonds is 4. The fourth-order valence-electron chi connectivity index (χ4n) is 3.61. The van der Waals surface area contributed by atoms with Crippen LogP contribution in [0.5, 0.6) is 5.75 Å². The molecule has 0 saturated carbocycles. The van der Waals surface area contributed by atoms with Crippen molar-refractivity contribution in [3.63, 3.8) is 0 Å². The molecule has 3 aromatic rings. The minimum absolute atomic E-state index is 0.0117. The van der Waals surface area contributed by atoms with Crippen LogP contribution < -0.4 is 10.5 Å². The molecule has 0 radical (unpaired) electrons. The molecule has 2 amide bonds. The smallest absolute Gasteiger partial charge is 0.267 e. The Balaban J connectivity index is 1.51. The van der Waals surface area contributed by atoms with Crippen molar-refractivity contribution in [2.24, 2.45) is 5.73 Å². The van der Waals surface area contributed by atoms with Gasteiger partial charge in [-0.05, 0) is 35.7 Å². The van der Waals surface area contributed by atoms with Gasteiger partial charge in [-0.3, -0.25) is 14.6 Å². The molecule has 1 atom stereocenters. The summed E-state index contributed by atoms with van der Waals surface area (Å²) < 4.78 is 6.01. The highest BCUT2D eigenvalue weighted by Crippen LogP contribution is 2.23. The summed E-state index contributed by atoms with van der Waals surface area (Å²) in [5.74, 6) is -0.0484. The Bertz CT molecular complexity index is 1030. The lowest BCUT2D eigenvalue weighted by atomic mass is 10.0. The van der Waals surface area contributed by atoms with Gasteiger partial charge in [0.15, 0.2) is 0 Å². The van der Waals surface area contributed by atoms with Gasteiger partial charge in [0.2, 0.25) is 0 Å². The number of primary amides is 1. The summed E-state index contributed by atoms with van der Waals surface area (Å²) in [4.78, 5) is 30.2. The molecule has 2 heterocycles. The number of amides is 2. The van der Waals surface area contributed by atoms with Gasteiger partial charge < -0.3 is 15.4 Å². The van der Waals surface area contributed by atoms with E-state index in [1.807, 2.05) is 47.4 Å². The van der Waals surface area contributed by atoms with Crippen LogP contribution >= 0.6 is 0 Å². The summed E-state index contributed by atoms with van der Waals surface area (Å²) in [7, 11) is 0. The number of piperidine rings is 1. The maximum absolute atomic E-state index is 13.2. The molecule has 28 heavy (non-hydrogen) atoms. The molecule has 4 rings (SSSR count). The van der Waals surface area contributed by atoms with Crippen LogP contribution in [-0.2, 0) is 0 Å². The number of fused-ring (bicyclic) bond motifs is 1. The van der Waals surface area contributed by atoms with Crippen LogP contribution in [0.2, 0.25) is 0 Å². The topological polar surface area (TPSA) is 85.5 Å². The van der Waals surface area contributed by atoms with Crippen LogP contribution in [0, 0.1) is 0 Å². The molecular weight excluding hydrogens is 354 g/mol. The first-order valence-electron chi connectivity index (χ1n) is 9.31. The van der Waals surface area contributed by atoms with E-state index in [0.717, 1.165) is 23.6 Å². The number of hydrogen-bond acceptors (Lipinski definition) is 4. The predicted molar refractivity (Wildman–Crippen MR) is 106 cm³/mol. The quantitative estimate of drug-likeness (QED) is 0.759. The molecule has 0 spiro atoms. The van der Waals surface area contributed by atoms with E-state index in [0.29, 0.717) is 24.4 Å². The molecule has 1 aromatic heterocycles. The van der Waals surface area contributed by atoms with Crippen LogP contribution in [-0.4, -0.2) is 40.9 Å². The van der Waals surface area contributed by atoms with Gasteiger partial charge in [-0.2, -0.15) is 0 Å². The Kier molecular flexibility index (Phi) is 4.93. The van der Waals surface area contributed by atoms with E-state index in [1.54, 1.807) is 6.07 Å². The van der Waals surface area contributed by atoms with Gasteiger partial charge in [-0.1, -0.05) is 36.4 Å². The molecule has 1 aliphatic rings. The Hall–Kier alpha value is -3.41. The largest absolute Gasteiger partial charge is 0.488 e. The third-order valence-corrected chi connectivity index (χ3v) is 4.97. The first-order chi connectivity index (χ1) is 13.6. The maximum atomic E-state index is 13.2. The summed E-state index contributed by atoms with van der Waals surface area (Å²) in [6, 6.07) is 16.9. The summed E-state index contributed by atoms with van der Waals surface area (Å²) in [6.45, 7) is 1.20. The number of nitrogens with zero attached hydrogens (tertiary/aromatic N) is 2. The van der Waals surface area contributed by atoms with Crippen molar-refractivity contribution >= 4 is 22.6 Å². The van der Waals surface area contributed by atoms with Gasteiger partial charge in [0, 0.05) is 24.4 Å². The first-order valence-corrected chi connectivity index (χ1v) is 9.31. The van der Waals surface area contributed by atoms with E-state index in [1.165, 1.54) is 12.3 Å². The van der Waals surface area contributed by atoms with Crippen LogP contribution in [0.1, 0.15) is 33.7 Å². The number of pyridine rings is 1. The Morgan fingerprint density at radius 1 is 1.11 bits per heavy atom. The Morgan fingerprint density at radius 2 is 1.93 bits per heavy atom. The zero-order chi connectivity index (χ0) is 19.5. The van der Waals surface area contributed by atoms with Gasteiger partial charge >= 0.3 is 0 Å². The van der Waals surface area contributed by atoms with Gasteiger partial charge in [-0.15, -0.1) is 0 Å². The highest BCUT2D eigenvalue weighted by atomic mass is 16.5. The highest BCUT2D eigenvalue weighted by molar-refractivity contribution is 6.07. The highest BCUT2D eigenvalue weighted by Gasteiger charge is 2.26. The van der Waals surface area contributed by atoms with E-state index in [4.69, 9.17) is 10.5 Å². The maximum Gasteiger partial charge on any atom is 0.267 e. The SMILES string of the molecule is NC(=O)c1cc(OC2CCCN(C(=O)c3cccc4ccccc34)C2)ccn1. The summed E-state index contributed by atoms with van der Waals surface area (Å²) in [5.41, 5.74) is 6.15. The number of carbonyl (C=O) groups is 2. The number of likely N-dealkylation sites (tertiary alicyclic amines) is 1. The van der Waals surface area contributed by atoms with Crippen molar-refractivity contribution in [2.75, 3.05) is 13.1 Å². The van der Waals surface area contributed by atoms with E-state index >= 15 is 0 Å². The minimum Gasteiger partial charge on any atom is -0.488 e. The standard InChI is InChI=1S/C22H21N3O3/c23-21(26)20-13-16(10-11-24-20)28-17-7-4-12-25(14-17)22(27)19-9-3-6-15-5-1-2-8-18(15)19/h1-3,5-6,8-11,13,17H,4,7,12,14H2,(H2,23,26). The van der Waals surface area contributed by atoms with Crippen LogP contribution in [0.4, 0.5) is 0 Å². The van der Waals surface area contributed by atoms with Crippen molar-refractivity contribution in [3.8, 4) is 5.75 Å². The molecule has 1 aliphatic heterocycles. The Morgan fingerprint density at radius 3 is 2.79 bits per heavy atom. The lowest BCUT2D eigenvalue weighted by Crippen LogP contribution is -2.44. The molecule has 2 N–H and O–H groups in total. The van der Waals surface area contributed by atoms with Gasteiger partial charge in [0.1, 0.15) is 17.5 Å². The summed E-state index contributed by atoms with van der Waals surface area (Å²) >= 11 is 0. The number of aromatic nitrogens is 1. The summed E-state index contributed by atoms with van der Waals surface area (Å²) in [5, 5.41) is 2.01. The fourth-order valence-corrected chi connectivity index (χ4v) is 3.61. The normalized spacial score (nSPS) is 16.7. The average molecular weight is 375 g/mol. The zero-order valence-electron chi connectivity index (χ0n) is 15.4. The second-order valence-corrected chi connectivity index (χ2v) is 6.90. The third-order valence-electron chi connectivity index (χ3n) is 4.97. The minimum atomic E-state index is -0.596. The van der Waals surface area contributed by atoms with Crippen molar-refractivity contribution in [1.82, 2.24) is 9.88 Å². The molecule has 1 unspecified atom stereocenters. The van der Waals surface area contributed by atoms with Crippen LogP contribution in [0.3, 0.4) is 0 Å². The molecule has 6 heteroatoms. The predicted octanol–water partition coefficient (Wildman–Crippen LogP) is 3.02.